The number of rotatable bonds is 4. The van der Waals surface area contributed by atoms with Crippen LogP contribution in [0.3, 0.4) is 0 Å². The minimum Gasteiger partial charge on any atom is -0.389 e. The summed E-state index contributed by atoms with van der Waals surface area (Å²) in [5.41, 5.74) is 3.50. The zero-order chi connectivity index (χ0) is 10.4. The van der Waals surface area contributed by atoms with E-state index in [1.165, 1.54) is 11.1 Å². The molecular weight excluding hydrogens is 170 g/mol. The Bertz CT molecular complexity index is 320. The van der Waals surface area contributed by atoms with Crippen LogP contribution in [0.15, 0.2) is 42.6 Å². The van der Waals surface area contributed by atoms with Crippen molar-refractivity contribution < 1.29 is 0 Å². The monoisotopic (exact) mass is 187 g/mol. The van der Waals surface area contributed by atoms with Crippen molar-refractivity contribution in [1.82, 2.24) is 5.32 Å². The highest BCUT2D eigenvalue weighted by Gasteiger charge is 1.89. The largest absolute Gasteiger partial charge is 0.389 e. The fraction of sp³-hybridized carbons (Fsp3) is 0.231. The molecule has 0 aliphatic heterocycles. The van der Waals surface area contributed by atoms with Gasteiger partial charge >= 0.3 is 0 Å². The Morgan fingerprint density at radius 2 is 2.00 bits per heavy atom. The van der Waals surface area contributed by atoms with Crippen LogP contribution in [0, 0.1) is 0 Å². The molecule has 0 aliphatic rings. The second kappa shape index (κ2) is 5.28. The second-order valence-electron chi connectivity index (χ2n) is 3.20. The van der Waals surface area contributed by atoms with Gasteiger partial charge in [-0.1, -0.05) is 43.8 Å². The van der Waals surface area contributed by atoms with Crippen LogP contribution < -0.4 is 5.32 Å². The second-order valence-corrected chi connectivity index (χ2v) is 3.20. The molecule has 0 bridgehead atoms. The Labute approximate surface area is 86.2 Å². The smallest absolute Gasteiger partial charge is 0.0264 e. The van der Waals surface area contributed by atoms with Gasteiger partial charge in [0.2, 0.25) is 0 Å². The Hall–Kier alpha value is -1.50. The molecule has 1 nitrogen and oxygen atoms in total. The molecule has 0 radical (unpaired) electrons. The van der Waals surface area contributed by atoms with Crippen molar-refractivity contribution in [3.63, 3.8) is 0 Å². The summed E-state index contributed by atoms with van der Waals surface area (Å²) < 4.78 is 0. The molecule has 0 fully saturated rings. The average molecular weight is 187 g/mol. The summed E-state index contributed by atoms with van der Waals surface area (Å²) in [6.07, 6.45) is 5.12. The van der Waals surface area contributed by atoms with Gasteiger partial charge in [0.1, 0.15) is 0 Å². The zero-order valence-electron chi connectivity index (χ0n) is 8.88. The maximum atomic E-state index is 3.82. The number of nitrogens with one attached hydrogen (secondary N) is 1. The van der Waals surface area contributed by atoms with Gasteiger partial charge in [0.05, 0.1) is 0 Å². The van der Waals surface area contributed by atoms with E-state index in [1.54, 1.807) is 0 Å². The van der Waals surface area contributed by atoms with Crippen LogP contribution in [-0.4, -0.2) is 7.05 Å². The third-order valence-electron chi connectivity index (χ3n) is 2.19. The zero-order valence-corrected chi connectivity index (χ0v) is 8.88. The Morgan fingerprint density at radius 1 is 1.36 bits per heavy atom. The van der Waals surface area contributed by atoms with Crippen molar-refractivity contribution >= 4 is 6.08 Å². The molecule has 74 valence electrons. The fourth-order valence-corrected chi connectivity index (χ4v) is 1.14. The molecule has 0 saturated carbocycles. The minimum atomic E-state index is 0.921. The number of hydrogen-bond acceptors (Lipinski definition) is 1. The van der Waals surface area contributed by atoms with Crippen molar-refractivity contribution in [1.29, 1.82) is 0 Å². The number of benzene rings is 1. The van der Waals surface area contributed by atoms with Crippen molar-refractivity contribution in [3.8, 4) is 0 Å². The van der Waals surface area contributed by atoms with E-state index >= 15 is 0 Å². The topological polar surface area (TPSA) is 12.0 Å². The van der Waals surface area contributed by atoms with E-state index in [1.807, 2.05) is 13.1 Å². The lowest BCUT2D eigenvalue weighted by Crippen LogP contribution is -2.00. The van der Waals surface area contributed by atoms with Crippen molar-refractivity contribution in [2.45, 2.75) is 13.3 Å². The van der Waals surface area contributed by atoms with Crippen LogP contribution in [0.25, 0.3) is 6.08 Å². The Balaban J connectivity index is 2.68. The Kier molecular flexibility index (Phi) is 3.99. The summed E-state index contributed by atoms with van der Waals surface area (Å²) in [5, 5.41) is 2.98. The predicted molar refractivity (Wildman–Crippen MR) is 63.1 cm³/mol. The summed E-state index contributed by atoms with van der Waals surface area (Å²) in [7, 11) is 1.87. The van der Waals surface area contributed by atoms with Crippen molar-refractivity contribution in [2.24, 2.45) is 0 Å². The molecule has 14 heavy (non-hydrogen) atoms. The summed E-state index contributed by atoms with van der Waals surface area (Å²) in [6, 6.07) is 8.56. The molecule has 0 spiro atoms. The maximum Gasteiger partial charge on any atom is 0.0264 e. The number of likely N-dealkylation sites (N-methyl/N-ethyl adjacent to an activating group) is 1. The van der Waals surface area contributed by atoms with E-state index in [0.29, 0.717) is 0 Å². The number of hydrogen-bond donors (Lipinski definition) is 1. The lowest BCUT2D eigenvalue weighted by atomic mass is 10.1. The van der Waals surface area contributed by atoms with E-state index in [-0.39, 0.29) is 0 Å². The molecule has 0 atom stereocenters. The first-order chi connectivity index (χ1) is 6.76. The molecule has 0 heterocycles. The van der Waals surface area contributed by atoms with E-state index in [2.05, 4.69) is 49.2 Å². The van der Waals surface area contributed by atoms with Crippen LogP contribution in [0.5, 0.6) is 0 Å². The van der Waals surface area contributed by atoms with E-state index < -0.39 is 0 Å². The first kappa shape index (κ1) is 10.6. The van der Waals surface area contributed by atoms with Gasteiger partial charge in [-0.15, -0.1) is 0 Å². The van der Waals surface area contributed by atoms with Gasteiger partial charge in [-0.25, -0.2) is 0 Å². The Morgan fingerprint density at radius 3 is 2.50 bits per heavy atom. The molecule has 1 rings (SSSR count). The summed E-state index contributed by atoms with van der Waals surface area (Å²) in [5.74, 6) is 0. The third-order valence-corrected chi connectivity index (χ3v) is 2.19. The van der Waals surface area contributed by atoms with Crippen molar-refractivity contribution in [2.75, 3.05) is 7.05 Å². The van der Waals surface area contributed by atoms with Crippen LogP contribution in [0.2, 0.25) is 0 Å². The van der Waals surface area contributed by atoms with Crippen LogP contribution in [0.4, 0.5) is 0 Å². The SMILES string of the molecule is C=C(/C=C/c1ccc(CC)cc1)NC. The number of allylic oxidation sites excluding steroid dienone is 1. The fourth-order valence-electron chi connectivity index (χ4n) is 1.14. The van der Waals surface area contributed by atoms with Crippen molar-refractivity contribution in [3.05, 3.63) is 53.7 Å². The third kappa shape index (κ3) is 3.09. The predicted octanol–water partition coefficient (Wildman–Crippen LogP) is 3.00. The highest BCUT2D eigenvalue weighted by molar-refractivity contribution is 5.52. The van der Waals surface area contributed by atoms with Gasteiger partial charge in [0.25, 0.3) is 0 Å². The maximum absolute atomic E-state index is 3.82. The standard InChI is InChI=1S/C13H17N/c1-4-12-7-9-13(10-8-12)6-5-11(2)14-3/h5-10,14H,2,4H2,1,3H3/b6-5+. The summed E-state index contributed by atoms with van der Waals surface area (Å²) >= 11 is 0. The minimum absolute atomic E-state index is 0.921. The highest BCUT2D eigenvalue weighted by Crippen LogP contribution is 2.07. The summed E-state index contributed by atoms with van der Waals surface area (Å²) in [4.78, 5) is 0. The first-order valence-corrected chi connectivity index (χ1v) is 4.90. The van der Waals surface area contributed by atoms with Gasteiger partial charge in [0.15, 0.2) is 0 Å². The van der Waals surface area contributed by atoms with Gasteiger partial charge in [-0.05, 0) is 23.6 Å². The average Bonchev–Trinajstić information content (AvgIpc) is 2.26. The van der Waals surface area contributed by atoms with Gasteiger partial charge < -0.3 is 5.32 Å². The normalized spacial score (nSPS) is 10.4. The molecule has 0 aliphatic carbocycles. The van der Waals surface area contributed by atoms with E-state index in [4.69, 9.17) is 0 Å². The van der Waals surface area contributed by atoms with Crippen LogP contribution >= 0.6 is 0 Å². The molecule has 1 heteroatoms. The molecule has 1 N–H and O–H groups in total. The van der Waals surface area contributed by atoms with E-state index in [0.717, 1.165) is 12.1 Å². The first-order valence-electron chi connectivity index (χ1n) is 4.90. The molecular formula is C13H17N. The van der Waals surface area contributed by atoms with Gasteiger partial charge in [0, 0.05) is 12.7 Å². The lowest BCUT2D eigenvalue weighted by Gasteiger charge is -1.98. The summed E-state index contributed by atoms with van der Waals surface area (Å²) in [6.45, 7) is 5.98. The molecule has 1 aromatic rings. The van der Waals surface area contributed by atoms with Gasteiger partial charge in [-0.2, -0.15) is 0 Å². The van der Waals surface area contributed by atoms with E-state index in [9.17, 15) is 0 Å². The number of aryl methyl sites for hydroxylation is 1. The molecule has 0 amide bonds. The molecule has 0 saturated heterocycles. The van der Waals surface area contributed by atoms with Crippen LogP contribution in [-0.2, 0) is 6.42 Å². The quantitative estimate of drug-likeness (QED) is 0.714. The molecule has 0 aromatic heterocycles. The highest BCUT2D eigenvalue weighted by atomic mass is 14.8. The lowest BCUT2D eigenvalue weighted by molar-refractivity contribution is 1.04. The molecule has 1 aromatic carbocycles. The molecule has 0 unspecified atom stereocenters. The van der Waals surface area contributed by atoms with Gasteiger partial charge in [-0.3, -0.25) is 0 Å². The van der Waals surface area contributed by atoms with Crippen LogP contribution in [0.1, 0.15) is 18.1 Å².